The summed E-state index contributed by atoms with van der Waals surface area (Å²) < 4.78 is 1.34. The van der Waals surface area contributed by atoms with Crippen molar-refractivity contribution in [3.63, 3.8) is 0 Å². The number of nitrogens with one attached hydrogen (secondary N) is 1. The number of nitrogens with two attached hydrogens (primary N) is 1. The average Bonchev–Trinajstić information content (AvgIpc) is 2.70. The van der Waals surface area contributed by atoms with E-state index in [2.05, 4.69) is 18.8 Å². The molecule has 0 saturated carbocycles. The minimum Gasteiger partial charge on any atom is -0.383 e. The van der Waals surface area contributed by atoms with Crippen molar-refractivity contribution in [2.24, 2.45) is 5.92 Å². The van der Waals surface area contributed by atoms with Gasteiger partial charge in [0.25, 0.3) is 5.56 Å². The number of hydrogen-bond donors (Lipinski definition) is 2. The predicted octanol–water partition coefficient (Wildman–Crippen LogP) is 2.43. The van der Waals surface area contributed by atoms with Gasteiger partial charge in [-0.3, -0.25) is 19.1 Å². The second-order valence-corrected chi connectivity index (χ2v) is 7.92. The highest BCUT2D eigenvalue weighted by molar-refractivity contribution is 5.98. The van der Waals surface area contributed by atoms with Crippen LogP contribution in [0, 0.1) is 5.92 Å². The number of nitrogens with zero attached hydrogens (tertiary/aromatic N) is 3. The Morgan fingerprint density at radius 2 is 1.87 bits per heavy atom. The Bertz CT molecular complexity index is 949. The van der Waals surface area contributed by atoms with E-state index in [-0.39, 0.29) is 24.0 Å². The molecular weight excluding hydrogens is 382 g/mol. The van der Waals surface area contributed by atoms with Gasteiger partial charge in [-0.1, -0.05) is 45.4 Å². The molecule has 1 aromatic heterocycles. The summed E-state index contributed by atoms with van der Waals surface area (Å²) in [6.07, 6.45) is 2.32. The van der Waals surface area contributed by atoms with Crippen LogP contribution in [0.4, 0.5) is 17.2 Å². The minimum absolute atomic E-state index is 0.0386. The van der Waals surface area contributed by atoms with Crippen molar-refractivity contribution in [2.45, 2.75) is 46.6 Å². The molecule has 0 aliphatic heterocycles. The van der Waals surface area contributed by atoms with Gasteiger partial charge in [-0.15, -0.1) is 0 Å². The number of carbonyl (C=O) groups excluding carboxylic acids is 1. The summed E-state index contributed by atoms with van der Waals surface area (Å²) >= 11 is 0. The molecule has 3 N–H and O–H groups in total. The maximum atomic E-state index is 13.2. The fraction of sp³-hybridized carbons (Fsp3) is 0.500. The summed E-state index contributed by atoms with van der Waals surface area (Å²) in [5, 5.41) is 0. The van der Waals surface area contributed by atoms with Crippen molar-refractivity contribution in [3.8, 4) is 0 Å². The van der Waals surface area contributed by atoms with Gasteiger partial charge < -0.3 is 15.5 Å². The number of aromatic nitrogens is 2. The Kier molecular flexibility index (Phi) is 8.26. The van der Waals surface area contributed by atoms with Crippen LogP contribution in [-0.4, -0.2) is 35.6 Å². The van der Waals surface area contributed by atoms with Crippen LogP contribution in [0.2, 0.25) is 0 Å². The third-order valence-corrected chi connectivity index (χ3v) is 5.02. The first-order chi connectivity index (χ1) is 14.3. The van der Waals surface area contributed by atoms with Crippen LogP contribution in [0.3, 0.4) is 0 Å². The van der Waals surface area contributed by atoms with E-state index in [1.165, 1.54) is 9.47 Å². The molecule has 0 spiro atoms. The zero-order valence-electron chi connectivity index (χ0n) is 18.4. The van der Waals surface area contributed by atoms with Crippen molar-refractivity contribution >= 4 is 23.1 Å². The van der Waals surface area contributed by atoms with E-state index < -0.39 is 11.2 Å². The highest BCUT2D eigenvalue weighted by Gasteiger charge is 2.25. The van der Waals surface area contributed by atoms with Crippen LogP contribution >= 0.6 is 0 Å². The summed E-state index contributed by atoms with van der Waals surface area (Å²) in [5.74, 6) is 0.120. The molecule has 1 aromatic carbocycles. The molecule has 2 aromatic rings. The lowest BCUT2D eigenvalue weighted by atomic mass is 10.1. The van der Waals surface area contributed by atoms with Gasteiger partial charge in [0.2, 0.25) is 5.91 Å². The standard InChI is InChI=1S/C22H33N5O3/c1-5-6-13-27-20(23)19(21(29)24-22(27)30)26(14-12-16(2)3)18(28)15-25(4)17-10-8-7-9-11-17/h7-11,16H,5-6,12-15,23H2,1-4H3,(H,24,29,30). The molecule has 0 fully saturated rings. The lowest BCUT2D eigenvalue weighted by Gasteiger charge is -2.28. The van der Waals surface area contributed by atoms with Crippen LogP contribution < -0.4 is 26.8 Å². The van der Waals surface area contributed by atoms with Crippen LogP contribution in [0.25, 0.3) is 0 Å². The molecule has 0 atom stereocenters. The maximum absolute atomic E-state index is 13.2. The third-order valence-electron chi connectivity index (χ3n) is 5.02. The number of benzene rings is 1. The van der Waals surface area contributed by atoms with Gasteiger partial charge in [0.05, 0.1) is 6.54 Å². The quantitative estimate of drug-likeness (QED) is 0.620. The Morgan fingerprint density at radius 1 is 1.20 bits per heavy atom. The van der Waals surface area contributed by atoms with E-state index in [1.807, 2.05) is 49.2 Å². The fourth-order valence-corrected chi connectivity index (χ4v) is 3.19. The second-order valence-electron chi connectivity index (χ2n) is 7.92. The Balaban J connectivity index is 2.42. The molecule has 164 valence electrons. The molecule has 8 heteroatoms. The van der Waals surface area contributed by atoms with E-state index >= 15 is 0 Å². The zero-order chi connectivity index (χ0) is 22.3. The van der Waals surface area contributed by atoms with Gasteiger partial charge in [-0.2, -0.15) is 0 Å². The Labute approximate surface area is 177 Å². The van der Waals surface area contributed by atoms with Gasteiger partial charge in [0.1, 0.15) is 5.82 Å². The van der Waals surface area contributed by atoms with Crippen molar-refractivity contribution in [1.29, 1.82) is 0 Å². The number of para-hydroxylation sites is 1. The van der Waals surface area contributed by atoms with Gasteiger partial charge >= 0.3 is 5.69 Å². The van der Waals surface area contributed by atoms with Gasteiger partial charge in [-0.05, 0) is 30.9 Å². The highest BCUT2D eigenvalue weighted by Crippen LogP contribution is 2.20. The van der Waals surface area contributed by atoms with Gasteiger partial charge in [0.15, 0.2) is 5.69 Å². The lowest BCUT2D eigenvalue weighted by Crippen LogP contribution is -2.45. The molecule has 0 aliphatic carbocycles. The van der Waals surface area contributed by atoms with Crippen molar-refractivity contribution in [1.82, 2.24) is 9.55 Å². The largest absolute Gasteiger partial charge is 0.383 e. The summed E-state index contributed by atoms with van der Waals surface area (Å²) in [6.45, 7) is 6.92. The molecule has 0 saturated heterocycles. The van der Waals surface area contributed by atoms with E-state index in [0.29, 0.717) is 25.4 Å². The fourth-order valence-electron chi connectivity index (χ4n) is 3.19. The van der Waals surface area contributed by atoms with Crippen molar-refractivity contribution in [3.05, 3.63) is 51.2 Å². The number of hydrogen-bond acceptors (Lipinski definition) is 5. The van der Waals surface area contributed by atoms with Crippen molar-refractivity contribution in [2.75, 3.05) is 35.7 Å². The molecule has 0 radical (unpaired) electrons. The first kappa shape index (κ1) is 23.3. The van der Waals surface area contributed by atoms with E-state index in [9.17, 15) is 14.4 Å². The summed E-state index contributed by atoms with van der Waals surface area (Å²) in [4.78, 5) is 43.8. The van der Waals surface area contributed by atoms with Gasteiger partial charge in [-0.25, -0.2) is 4.79 Å². The Morgan fingerprint density at radius 3 is 2.47 bits per heavy atom. The number of carbonyl (C=O) groups is 1. The number of amides is 1. The molecule has 8 nitrogen and oxygen atoms in total. The number of aromatic amines is 1. The molecule has 0 unspecified atom stereocenters. The maximum Gasteiger partial charge on any atom is 0.330 e. The SMILES string of the molecule is CCCCn1c(N)c(N(CCC(C)C)C(=O)CN(C)c2ccccc2)c(=O)[nH]c1=O. The normalized spacial score (nSPS) is 11.0. The number of nitrogen functional groups attached to an aromatic ring is 1. The third kappa shape index (κ3) is 5.75. The molecule has 0 bridgehead atoms. The predicted molar refractivity (Wildman–Crippen MR) is 122 cm³/mol. The van der Waals surface area contributed by atoms with E-state index in [1.54, 1.807) is 0 Å². The number of unbranched alkanes of at least 4 members (excludes halogenated alkanes) is 1. The van der Waals surface area contributed by atoms with E-state index in [0.717, 1.165) is 18.5 Å². The topological polar surface area (TPSA) is 104 Å². The van der Waals surface area contributed by atoms with Crippen LogP contribution in [0.15, 0.2) is 39.9 Å². The average molecular weight is 416 g/mol. The summed E-state index contributed by atoms with van der Waals surface area (Å²) in [5.41, 5.74) is 6.01. The van der Waals surface area contributed by atoms with E-state index in [4.69, 9.17) is 5.73 Å². The number of likely N-dealkylation sites (N-methyl/N-ethyl adjacent to an activating group) is 1. The van der Waals surface area contributed by atoms with Crippen LogP contribution in [0.5, 0.6) is 0 Å². The smallest absolute Gasteiger partial charge is 0.330 e. The number of H-pyrrole nitrogens is 1. The minimum atomic E-state index is -0.635. The summed E-state index contributed by atoms with van der Waals surface area (Å²) in [6, 6.07) is 9.54. The zero-order valence-corrected chi connectivity index (χ0v) is 18.4. The van der Waals surface area contributed by atoms with Gasteiger partial charge in [0, 0.05) is 25.8 Å². The lowest BCUT2D eigenvalue weighted by molar-refractivity contribution is -0.117. The first-order valence-corrected chi connectivity index (χ1v) is 10.4. The van der Waals surface area contributed by atoms with Crippen molar-refractivity contribution < 1.29 is 4.79 Å². The molecule has 2 rings (SSSR count). The van der Waals surface area contributed by atoms with Crippen LogP contribution in [-0.2, 0) is 11.3 Å². The molecule has 30 heavy (non-hydrogen) atoms. The number of anilines is 3. The first-order valence-electron chi connectivity index (χ1n) is 10.4. The molecule has 1 amide bonds. The summed E-state index contributed by atoms with van der Waals surface area (Å²) in [7, 11) is 1.82. The van der Waals surface area contributed by atoms with Crippen LogP contribution in [0.1, 0.15) is 40.0 Å². The Hall–Kier alpha value is -3.03. The molecule has 1 heterocycles. The second kappa shape index (κ2) is 10.7. The molecular formula is C22H33N5O3. The highest BCUT2D eigenvalue weighted by atomic mass is 16.2. The number of rotatable bonds is 10. The monoisotopic (exact) mass is 415 g/mol. The molecule has 0 aliphatic rings.